The lowest BCUT2D eigenvalue weighted by Gasteiger charge is -2.41. The molecule has 0 N–H and O–H groups in total. The van der Waals surface area contributed by atoms with Gasteiger partial charge in [-0.3, -0.25) is 4.90 Å². The van der Waals surface area contributed by atoms with Gasteiger partial charge in [-0.2, -0.15) is 0 Å². The van der Waals surface area contributed by atoms with Gasteiger partial charge in [-0.1, -0.05) is 6.92 Å². The zero-order chi connectivity index (χ0) is 12.6. The number of fused-ring (bicyclic) bond motifs is 2. The highest BCUT2D eigenvalue weighted by Gasteiger charge is 2.40. The van der Waals surface area contributed by atoms with Gasteiger partial charge in [0, 0.05) is 25.0 Å². The zero-order valence-electron chi connectivity index (χ0n) is 11.4. The van der Waals surface area contributed by atoms with Crippen LogP contribution in [0.2, 0.25) is 0 Å². The van der Waals surface area contributed by atoms with E-state index in [1.165, 1.54) is 32.0 Å². The molecule has 18 heavy (non-hydrogen) atoms. The van der Waals surface area contributed by atoms with Gasteiger partial charge in [-0.05, 0) is 44.4 Å². The molecule has 0 amide bonds. The van der Waals surface area contributed by atoms with Crippen LogP contribution in [0.3, 0.4) is 0 Å². The number of carbonyl (C=O) groups excluding carboxylic acids is 1. The van der Waals surface area contributed by atoms with Gasteiger partial charge < -0.3 is 9.53 Å². The minimum atomic E-state index is -0.0523. The van der Waals surface area contributed by atoms with Crippen molar-refractivity contribution in [2.75, 3.05) is 19.6 Å². The number of ether oxygens (including phenoxy) is 1. The molecule has 0 spiro atoms. The average molecular weight is 251 g/mol. The summed E-state index contributed by atoms with van der Waals surface area (Å²) in [7, 11) is 0. The highest BCUT2D eigenvalue weighted by atomic mass is 16.5. The van der Waals surface area contributed by atoms with Gasteiger partial charge in [0.2, 0.25) is 0 Å². The van der Waals surface area contributed by atoms with Gasteiger partial charge in [0.1, 0.15) is 6.29 Å². The number of likely N-dealkylation sites (tertiary alicyclic amines) is 1. The monoisotopic (exact) mass is 251 g/mol. The van der Waals surface area contributed by atoms with Crippen LogP contribution in [-0.4, -0.2) is 43.0 Å². The molecule has 3 rings (SSSR count). The maximum absolute atomic E-state index is 11.6. The Kier molecular flexibility index (Phi) is 3.46. The molecular weight excluding hydrogens is 226 g/mol. The number of morpholine rings is 1. The summed E-state index contributed by atoms with van der Waals surface area (Å²) in [5.74, 6) is 0.805. The van der Waals surface area contributed by atoms with Crippen LogP contribution in [0.1, 0.15) is 45.4 Å². The molecule has 3 fully saturated rings. The number of hydrogen-bond donors (Lipinski definition) is 0. The molecule has 3 nitrogen and oxygen atoms in total. The summed E-state index contributed by atoms with van der Waals surface area (Å²) in [6, 6.07) is 0. The van der Waals surface area contributed by atoms with Gasteiger partial charge in [0.25, 0.3) is 0 Å². The summed E-state index contributed by atoms with van der Waals surface area (Å²) in [5, 5.41) is 0. The van der Waals surface area contributed by atoms with Crippen molar-refractivity contribution < 1.29 is 9.53 Å². The van der Waals surface area contributed by atoms with Crippen LogP contribution in [0.4, 0.5) is 0 Å². The summed E-state index contributed by atoms with van der Waals surface area (Å²) in [6.45, 7) is 5.37. The van der Waals surface area contributed by atoms with Crippen LogP contribution < -0.4 is 0 Å². The summed E-state index contributed by atoms with van der Waals surface area (Å²) in [4.78, 5) is 14.1. The molecule has 0 radical (unpaired) electrons. The van der Waals surface area contributed by atoms with E-state index in [1.54, 1.807) is 0 Å². The SMILES string of the molecule is CC1CCC(C=O)(CN2CC3CCC(C2)O3)CC1. The van der Waals surface area contributed by atoms with Crippen molar-refractivity contribution in [2.45, 2.75) is 57.7 Å². The van der Waals surface area contributed by atoms with E-state index < -0.39 is 0 Å². The van der Waals surface area contributed by atoms with Gasteiger partial charge in [-0.15, -0.1) is 0 Å². The molecule has 2 bridgehead atoms. The molecule has 3 heteroatoms. The van der Waals surface area contributed by atoms with Gasteiger partial charge in [0.15, 0.2) is 0 Å². The maximum Gasteiger partial charge on any atom is 0.127 e. The highest BCUT2D eigenvalue weighted by molar-refractivity contribution is 5.60. The van der Waals surface area contributed by atoms with E-state index in [9.17, 15) is 4.79 Å². The van der Waals surface area contributed by atoms with E-state index in [-0.39, 0.29) is 5.41 Å². The molecule has 2 aliphatic heterocycles. The Morgan fingerprint density at radius 1 is 1.17 bits per heavy atom. The van der Waals surface area contributed by atoms with Crippen LogP contribution in [0, 0.1) is 11.3 Å². The van der Waals surface area contributed by atoms with Crippen molar-refractivity contribution in [3.63, 3.8) is 0 Å². The second kappa shape index (κ2) is 4.93. The molecule has 1 saturated carbocycles. The third kappa shape index (κ3) is 2.48. The van der Waals surface area contributed by atoms with Gasteiger partial charge in [0.05, 0.1) is 12.2 Å². The first-order valence-electron chi connectivity index (χ1n) is 7.53. The number of rotatable bonds is 3. The van der Waals surface area contributed by atoms with Crippen molar-refractivity contribution in [1.82, 2.24) is 4.90 Å². The molecule has 2 unspecified atom stereocenters. The molecule has 2 saturated heterocycles. The molecule has 3 aliphatic rings. The summed E-state index contributed by atoms with van der Waals surface area (Å²) in [6.07, 6.45) is 9.18. The summed E-state index contributed by atoms with van der Waals surface area (Å²) in [5.41, 5.74) is -0.0523. The fourth-order valence-corrected chi connectivity index (χ4v) is 3.92. The van der Waals surface area contributed by atoms with Crippen molar-refractivity contribution in [2.24, 2.45) is 11.3 Å². The third-order valence-corrected chi connectivity index (χ3v) is 5.18. The Balaban J connectivity index is 1.61. The van der Waals surface area contributed by atoms with E-state index >= 15 is 0 Å². The fraction of sp³-hybridized carbons (Fsp3) is 0.933. The second-order valence-corrected chi connectivity index (χ2v) is 6.81. The van der Waals surface area contributed by atoms with Gasteiger partial charge in [-0.25, -0.2) is 0 Å². The number of hydrogen-bond acceptors (Lipinski definition) is 3. The largest absolute Gasteiger partial charge is 0.372 e. The number of nitrogens with zero attached hydrogens (tertiary/aromatic N) is 1. The smallest absolute Gasteiger partial charge is 0.127 e. The van der Waals surface area contributed by atoms with Crippen LogP contribution >= 0.6 is 0 Å². The Morgan fingerprint density at radius 2 is 1.78 bits per heavy atom. The molecule has 0 aromatic rings. The predicted octanol–water partition coefficient (Wildman–Crippen LogP) is 2.25. The Labute approximate surface area is 110 Å². The lowest BCUT2D eigenvalue weighted by atomic mass is 9.71. The summed E-state index contributed by atoms with van der Waals surface area (Å²) >= 11 is 0. The normalized spacial score (nSPS) is 45.1. The second-order valence-electron chi connectivity index (χ2n) is 6.81. The average Bonchev–Trinajstić information content (AvgIpc) is 2.72. The Hall–Kier alpha value is -0.410. The molecule has 2 atom stereocenters. The Bertz CT molecular complexity index is 298. The lowest BCUT2D eigenvalue weighted by Crippen LogP contribution is -2.49. The lowest BCUT2D eigenvalue weighted by molar-refractivity contribution is -0.122. The first-order valence-corrected chi connectivity index (χ1v) is 7.53. The summed E-state index contributed by atoms with van der Waals surface area (Å²) < 4.78 is 5.87. The zero-order valence-corrected chi connectivity index (χ0v) is 11.4. The van der Waals surface area contributed by atoms with E-state index in [2.05, 4.69) is 11.8 Å². The van der Waals surface area contributed by atoms with Crippen LogP contribution in [0.15, 0.2) is 0 Å². The molecule has 0 aromatic carbocycles. The molecule has 102 valence electrons. The van der Waals surface area contributed by atoms with Crippen molar-refractivity contribution in [3.05, 3.63) is 0 Å². The molecule has 1 aliphatic carbocycles. The van der Waals surface area contributed by atoms with Gasteiger partial charge >= 0.3 is 0 Å². The standard InChI is InChI=1S/C15H25NO2/c1-12-4-6-15(11-17,7-5-12)10-16-8-13-2-3-14(9-16)18-13/h11-14H,2-10H2,1H3. The minimum Gasteiger partial charge on any atom is -0.372 e. The van der Waals surface area contributed by atoms with E-state index in [4.69, 9.17) is 4.74 Å². The number of carbonyl (C=O) groups is 1. The van der Waals surface area contributed by atoms with E-state index in [1.807, 2.05) is 0 Å². The maximum atomic E-state index is 11.6. The van der Waals surface area contributed by atoms with Crippen LogP contribution in [0.25, 0.3) is 0 Å². The first-order chi connectivity index (χ1) is 8.69. The quantitative estimate of drug-likeness (QED) is 0.721. The molecular formula is C15H25NO2. The first kappa shape index (κ1) is 12.6. The fourth-order valence-electron chi connectivity index (χ4n) is 3.92. The van der Waals surface area contributed by atoms with Crippen molar-refractivity contribution >= 4 is 6.29 Å². The molecule has 2 heterocycles. The Morgan fingerprint density at radius 3 is 2.33 bits per heavy atom. The number of aldehydes is 1. The van der Waals surface area contributed by atoms with Crippen molar-refractivity contribution in [1.29, 1.82) is 0 Å². The topological polar surface area (TPSA) is 29.5 Å². The van der Waals surface area contributed by atoms with Crippen molar-refractivity contribution in [3.8, 4) is 0 Å². The predicted molar refractivity (Wildman–Crippen MR) is 70.5 cm³/mol. The van der Waals surface area contributed by atoms with E-state index in [0.717, 1.165) is 38.4 Å². The minimum absolute atomic E-state index is 0.0523. The van der Waals surface area contributed by atoms with E-state index in [0.29, 0.717) is 12.2 Å². The molecule has 0 aromatic heterocycles. The third-order valence-electron chi connectivity index (χ3n) is 5.18. The van der Waals surface area contributed by atoms with Crippen LogP contribution in [0.5, 0.6) is 0 Å². The van der Waals surface area contributed by atoms with Crippen LogP contribution in [-0.2, 0) is 9.53 Å². The highest BCUT2D eigenvalue weighted by Crippen LogP contribution is 2.39.